The molecule has 0 amide bonds. The number of nitrogens with zero attached hydrogens (tertiary/aromatic N) is 5. The van der Waals surface area contributed by atoms with Gasteiger partial charge in [-0.3, -0.25) is 4.40 Å². The lowest BCUT2D eigenvalue weighted by Gasteiger charge is -2.16. The first-order valence-electron chi connectivity index (χ1n) is 11.4. The summed E-state index contributed by atoms with van der Waals surface area (Å²) in [6, 6.07) is 8.53. The fraction of sp³-hybridized carbons (Fsp3) is 0.375. The Hall–Kier alpha value is -3.24. The highest BCUT2D eigenvalue weighted by molar-refractivity contribution is 7.90. The number of benzene rings is 1. The van der Waals surface area contributed by atoms with Crippen molar-refractivity contribution < 1.29 is 18.3 Å². The summed E-state index contributed by atoms with van der Waals surface area (Å²) in [5.74, 6) is 1.27. The highest BCUT2D eigenvalue weighted by Gasteiger charge is 2.38. The molecule has 0 spiro atoms. The van der Waals surface area contributed by atoms with Crippen LogP contribution in [-0.2, 0) is 14.8 Å². The van der Waals surface area contributed by atoms with Gasteiger partial charge in [0.2, 0.25) is 0 Å². The zero-order chi connectivity index (χ0) is 23.9. The SMILES string of the molecule is CC[C@@H]1C[C@@H](OCC=CO)C[C@@H]1c1nnc2cnc3c(ccn3S(=O)(=O)c3ccc(C)cc3)n12. The van der Waals surface area contributed by atoms with Gasteiger partial charge in [0.1, 0.15) is 5.82 Å². The predicted octanol–water partition coefficient (Wildman–Crippen LogP) is 3.98. The number of rotatable bonds is 7. The number of hydrogen-bond acceptors (Lipinski definition) is 7. The van der Waals surface area contributed by atoms with Crippen molar-refractivity contribution in [2.24, 2.45) is 5.92 Å². The third-order valence-corrected chi connectivity index (χ3v) is 8.36. The third-order valence-electron chi connectivity index (χ3n) is 6.68. The van der Waals surface area contributed by atoms with Crippen molar-refractivity contribution in [2.75, 3.05) is 6.61 Å². The van der Waals surface area contributed by atoms with E-state index in [0.717, 1.165) is 36.9 Å². The Labute approximate surface area is 197 Å². The van der Waals surface area contributed by atoms with E-state index >= 15 is 0 Å². The molecule has 3 atom stereocenters. The molecule has 1 aliphatic carbocycles. The first kappa shape index (κ1) is 22.5. The van der Waals surface area contributed by atoms with E-state index in [9.17, 15) is 8.42 Å². The lowest BCUT2D eigenvalue weighted by atomic mass is 9.93. The average Bonchev–Trinajstić information content (AvgIpc) is 3.55. The number of aryl methyl sites for hydroxylation is 1. The van der Waals surface area contributed by atoms with Crippen LogP contribution in [0.25, 0.3) is 16.8 Å². The second kappa shape index (κ2) is 8.84. The second-order valence-corrected chi connectivity index (χ2v) is 10.5. The molecule has 1 aliphatic rings. The van der Waals surface area contributed by atoms with Crippen LogP contribution in [0, 0.1) is 12.8 Å². The van der Waals surface area contributed by atoms with Gasteiger partial charge in [-0.2, -0.15) is 0 Å². The molecule has 3 aromatic heterocycles. The second-order valence-electron chi connectivity index (χ2n) is 8.73. The van der Waals surface area contributed by atoms with Gasteiger partial charge in [0.05, 0.1) is 35.6 Å². The zero-order valence-corrected chi connectivity index (χ0v) is 19.9. The van der Waals surface area contributed by atoms with E-state index in [1.54, 1.807) is 42.6 Å². The molecule has 0 aliphatic heterocycles. The predicted molar refractivity (Wildman–Crippen MR) is 127 cm³/mol. The quantitative estimate of drug-likeness (QED) is 0.397. The van der Waals surface area contributed by atoms with Crippen LogP contribution in [0.5, 0.6) is 0 Å². The van der Waals surface area contributed by atoms with Crippen molar-refractivity contribution in [2.45, 2.75) is 50.0 Å². The summed E-state index contributed by atoms with van der Waals surface area (Å²) >= 11 is 0. The number of aliphatic hydroxyl groups excluding tert-OH is 1. The fourth-order valence-corrected chi connectivity index (χ4v) is 6.22. The summed E-state index contributed by atoms with van der Waals surface area (Å²) in [6.45, 7) is 4.43. The van der Waals surface area contributed by atoms with E-state index < -0.39 is 10.0 Å². The molecule has 178 valence electrons. The fourth-order valence-electron chi connectivity index (χ4n) is 4.92. The average molecular weight is 482 g/mol. The smallest absolute Gasteiger partial charge is 0.269 e. The Bertz CT molecular complexity index is 1460. The largest absolute Gasteiger partial charge is 0.516 e. The molecular weight excluding hydrogens is 454 g/mol. The van der Waals surface area contributed by atoms with E-state index in [1.165, 1.54) is 10.2 Å². The summed E-state index contributed by atoms with van der Waals surface area (Å²) in [5.41, 5.74) is 2.55. The van der Waals surface area contributed by atoms with Gasteiger partial charge in [0.15, 0.2) is 11.3 Å². The van der Waals surface area contributed by atoms with E-state index in [-0.39, 0.29) is 16.9 Å². The van der Waals surface area contributed by atoms with Gasteiger partial charge in [-0.15, -0.1) is 10.2 Å². The van der Waals surface area contributed by atoms with Crippen molar-refractivity contribution in [3.05, 3.63) is 66.5 Å². The number of aromatic nitrogens is 5. The topological polar surface area (TPSA) is 112 Å². The van der Waals surface area contributed by atoms with Gasteiger partial charge in [0.25, 0.3) is 10.0 Å². The third kappa shape index (κ3) is 3.76. The van der Waals surface area contributed by atoms with Gasteiger partial charge < -0.3 is 9.84 Å². The Morgan fingerprint density at radius 3 is 2.71 bits per heavy atom. The van der Waals surface area contributed by atoms with Crippen molar-refractivity contribution in [1.82, 2.24) is 23.6 Å². The molecule has 1 aromatic carbocycles. The molecule has 34 heavy (non-hydrogen) atoms. The summed E-state index contributed by atoms with van der Waals surface area (Å²) < 4.78 is 35.7. The maximum absolute atomic E-state index is 13.3. The lowest BCUT2D eigenvalue weighted by molar-refractivity contribution is 0.0752. The van der Waals surface area contributed by atoms with Crippen LogP contribution in [0.1, 0.15) is 43.5 Å². The summed E-state index contributed by atoms with van der Waals surface area (Å²) in [5, 5.41) is 17.7. The molecule has 1 N–H and O–H groups in total. The molecule has 1 fully saturated rings. The minimum Gasteiger partial charge on any atom is -0.516 e. The van der Waals surface area contributed by atoms with Gasteiger partial charge in [-0.25, -0.2) is 17.4 Å². The first-order chi connectivity index (χ1) is 16.4. The minimum absolute atomic E-state index is 0.0577. The molecular formula is C24H27N5O4S. The van der Waals surface area contributed by atoms with Crippen molar-refractivity contribution in [3.63, 3.8) is 0 Å². The van der Waals surface area contributed by atoms with Crippen LogP contribution in [0.3, 0.4) is 0 Å². The van der Waals surface area contributed by atoms with Gasteiger partial charge in [-0.1, -0.05) is 31.0 Å². The number of hydrogen-bond donors (Lipinski definition) is 1. The zero-order valence-electron chi connectivity index (χ0n) is 19.1. The number of ether oxygens (including phenoxy) is 1. The molecule has 0 bridgehead atoms. The normalized spacial score (nSPS) is 21.3. The van der Waals surface area contributed by atoms with Crippen LogP contribution in [-0.4, -0.2) is 49.8 Å². The monoisotopic (exact) mass is 481 g/mol. The molecule has 10 heteroatoms. The molecule has 9 nitrogen and oxygen atoms in total. The van der Waals surface area contributed by atoms with E-state index in [2.05, 4.69) is 22.1 Å². The highest BCUT2D eigenvalue weighted by Crippen LogP contribution is 2.42. The molecule has 5 rings (SSSR count). The highest BCUT2D eigenvalue weighted by atomic mass is 32.2. The van der Waals surface area contributed by atoms with Gasteiger partial charge >= 0.3 is 0 Å². The van der Waals surface area contributed by atoms with Crippen LogP contribution < -0.4 is 0 Å². The summed E-state index contributed by atoms with van der Waals surface area (Å²) in [4.78, 5) is 4.64. The van der Waals surface area contributed by atoms with E-state index in [0.29, 0.717) is 29.3 Å². The van der Waals surface area contributed by atoms with Crippen LogP contribution >= 0.6 is 0 Å². The van der Waals surface area contributed by atoms with Gasteiger partial charge in [-0.05, 0) is 50.0 Å². The molecule has 0 radical (unpaired) electrons. The van der Waals surface area contributed by atoms with E-state index in [1.807, 2.05) is 11.3 Å². The first-order valence-corrected chi connectivity index (χ1v) is 12.8. The minimum atomic E-state index is -3.81. The Morgan fingerprint density at radius 1 is 1.18 bits per heavy atom. The maximum atomic E-state index is 13.3. The Balaban J connectivity index is 1.57. The molecule has 1 saturated carbocycles. The molecule has 4 aromatic rings. The van der Waals surface area contributed by atoms with Crippen molar-refractivity contribution in [3.8, 4) is 0 Å². The standard InChI is InChI=1S/C24H27N5O4S/c1-3-17-13-18(33-12-4-11-30)14-20(17)23-27-26-22-15-25-24-21(29(22)23)9-10-28(24)34(31,32)19-7-5-16(2)6-8-19/h4-11,15,17-18,20,30H,3,12-14H2,1-2H3/t17-,18-,20+/m1/s1. The molecule has 3 heterocycles. The maximum Gasteiger partial charge on any atom is 0.269 e. The lowest BCUT2D eigenvalue weighted by Crippen LogP contribution is -2.13. The number of fused-ring (bicyclic) bond motifs is 3. The Morgan fingerprint density at radius 2 is 1.97 bits per heavy atom. The number of aliphatic hydroxyl groups is 1. The van der Waals surface area contributed by atoms with Crippen molar-refractivity contribution >= 4 is 26.8 Å². The Kier molecular flexibility index (Phi) is 5.86. The molecule has 0 unspecified atom stereocenters. The van der Waals surface area contributed by atoms with Crippen molar-refractivity contribution in [1.29, 1.82) is 0 Å². The summed E-state index contributed by atoms with van der Waals surface area (Å²) in [7, 11) is -3.81. The summed E-state index contributed by atoms with van der Waals surface area (Å²) in [6.07, 6.45) is 8.37. The molecule has 0 saturated heterocycles. The van der Waals surface area contributed by atoms with Gasteiger partial charge in [0, 0.05) is 12.1 Å². The van der Waals surface area contributed by atoms with Crippen LogP contribution in [0.4, 0.5) is 0 Å². The van der Waals surface area contributed by atoms with E-state index in [4.69, 9.17) is 9.84 Å². The van der Waals surface area contributed by atoms with Crippen LogP contribution in [0.15, 0.2) is 60.0 Å². The van der Waals surface area contributed by atoms with Crippen LogP contribution in [0.2, 0.25) is 0 Å².